The van der Waals surface area contributed by atoms with Gasteiger partial charge in [-0.15, -0.1) is 11.6 Å². The van der Waals surface area contributed by atoms with E-state index >= 15 is 0 Å². The van der Waals surface area contributed by atoms with Crippen molar-refractivity contribution >= 4 is 11.6 Å². The molecule has 0 bridgehead atoms. The zero-order valence-corrected chi connectivity index (χ0v) is 10.4. The van der Waals surface area contributed by atoms with Gasteiger partial charge in [-0.2, -0.15) is 0 Å². The number of hydrogen-bond donors (Lipinski definition) is 0. The molecule has 1 aromatic heterocycles. The van der Waals surface area contributed by atoms with Crippen molar-refractivity contribution < 1.29 is 4.74 Å². The molecule has 0 spiro atoms. The molecule has 17 heavy (non-hydrogen) atoms. The van der Waals surface area contributed by atoms with Gasteiger partial charge < -0.3 is 4.74 Å². The summed E-state index contributed by atoms with van der Waals surface area (Å²) in [6.07, 6.45) is 2.50. The molecule has 1 heterocycles. The third-order valence-electron chi connectivity index (χ3n) is 2.57. The summed E-state index contributed by atoms with van der Waals surface area (Å²) in [5, 5.41) is -0.0833. The second-order valence-electron chi connectivity index (χ2n) is 3.77. The SMILES string of the molecule is COc1cccc(C(Cl)Cc2ccccn2)c1. The van der Waals surface area contributed by atoms with E-state index in [-0.39, 0.29) is 5.38 Å². The fourth-order valence-electron chi connectivity index (χ4n) is 1.66. The lowest BCUT2D eigenvalue weighted by Crippen LogP contribution is -1.98. The topological polar surface area (TPSA) is 22.1 Å². The minimum absolute atomic E-state index is 0.0833. The molecule has 88 valence electrons. The van der Waals surface area contributed by atoms with Crippen molar-refractivity contribution in [1.82, 2.24) is 4.98 Å². The van der Waals surface area contributed by atoms with Crippen molar-refractivity contribution in [3.8, 4) is 5.75 Å². The fourth-order valence-corrected chi connectivity index (χ4v) is 1.95. The van der Waals surface area contributed by atoms with Crippen LogP contribution in [0.5, 0.6) is 5.75 Å². The van der Waals surface area contributed by atoms with Crippen LogP contribution in [0.15, 0.2) is 48.7 Å². The van der Waals surface area contributed by atoms with Crippen LogP contribution in [0.3, 0.4) is 0 Å². The Morgan fingerprint density at radius 1 is 1.24 bits per heavy atom. The lowest BCUT2D eigenvalue weighted by molar-refractivity contribution is 0.414. The first-order valence-electron chi connectivity index (χ1n) is 5.47. The third kappa shape index (κ3) is 3.21. The summed E-state index contributed by atoms with van der Waals surface area (Å²) in [7, 11) is 1.65. The normalized spacial score (nSPS) is 12.1. The third-order valence-corrected chi connectivity index (χ3v) is 2.98. The smallest absolute Gasteiger partial charge is 0.119 e. The van der Waals surface area contributed by atoms with Gasteiger partial charge in [0.2, 0.25) is 0 Å². The number of benzene rings is 1. The van der Waals surface area contributed by atoms with Crippen molar-refractivity contribution in [1.29, 1.82) is 0 Å². The van der Waals surface area contributed by atoms with Crippen LogP contribution in [-0.2, 0) is 6.42 Å². The number of rotatable bonds is 4. The van der Waals surface area contributed by atoms with E-state index in [1.54, 1.807) is 13.3 Å². The highest BCUT2D eigenvalue weighted by molar-refractivity contribution is 6.20. The van der Waals surface area contributed by atoms with Crippen molar-refractivity contribution in [2.45, 2.75) is 11.8 Å². The number of nitrogens with zero attached hydrogens (tertiary/aromatic N) is 1. The van der Waals surface area contributed by atoms with E-state index in [0.717, 1.165) is 23.4 Å². The fraction of sp³-hybridized carbons (Fsp3) is 0.214. The summed E-state index contributed by atoms with van der Waals surface area (Å²) < 4.78 is 5.18. The average Bonchev–Trinajstić information content (AvgIpc) is 2.40. The van der Waals surface area contributed by atoms with Crippen LogP contribution >= 0.6 is 11.6 Å². The van der Waals surface area contributed by atoms with Gasteiger partial charge in [0.05, 0.1) is 12.5 Å². The Hall–Kier alpha value is -1.54. The lowest BCUT2D eigenvalue weighted by atomic mass is 10.1. The highest BCUT2D eigenvalue weighted by Gasteiger charge is 2.10. The van der Waals surface area contributed by atoms with Gasteiger partial charge in [0.25, 0.3) is 0 Å². The maximum Gasteiger partial charge on any atom is 0.119 e. The van der Waals surface area contributed by atoms with Gasteiger partial charge in [-0.25, -0.2) is 0 Å². The Morgan fingerprint density at radius 2 is 2.12 bits per heavy atom. The molecule has 0 saturated heterocycles. The van der Waals surface area contributed by atoms with Crippen LogP contribution in [0.2, 0.25) is 0 Å². The summed E-state index contributed by atoms with van der Waals surface area (Å²) in [5.41, 5.74) is 2.05. The van der Waals surface area contributed by atoms with Gasteiger partial charge in [-0.1, -0.05) is 18.2 Å². The first-order valence-corrected chi connectivity index (χ1v) is 5.91. The maximum atomic E-state index is 6.37. The quantitative estimate of drug-likeness (QED) is 0.770. The summed E-state index contributed by atoms with van der Waals surface area (Å²) >= 11 is 6.37. The van der Waals surface area contributed by atoms with Crippen molar-refractivity contribution in [2.24, 2.45) is 0 Å². The van der Waals surface area contributed by atoms with E-state index < -0.39 is 0 Å². The molecule has 2 aromatic rings. The van der Waals surface area contributed by atoms with E-state index in [4.69, 9.17) is 16.3 Å². The monoisotopic (exact) mass is 247 g/mol. The number of alkyl halides is 1. The number of pyridine rings is 1. The number of halogens is 1. The Morgan fingerprint density at radius 3 is 2.82 bits per heavy atom. The van der Waals surface area contributed by atoms with E-state index in [1.807, 2.05) is 42.5 Å². The van der Waals surface area contributed by atoms with E-state index in [9.17, 15) is 0 Å². The number of hydrogen-bond acceptors (Lipinski definition) is 2. The second kappa shape index (κ2) is 5.69. The first-order chi connectivity index (χ1) is 8.29. The van der Waals surface area contributed by atoms with Crippen LogP contribution in [0.25, 0.3) is 0 Å². The predicted octanol–water partition coefficient (Wildman–Crippen LogP) is 3.61. The molecule has 2 rings (SSSR count). The number of aromatic nitrogens is 1. The second-order valence-corrected chi connectivity index (χ2v) is 4.30. The predicted molar refractivity (Wildman–Crippen MR) is 69.5 cm³/mol. The highest BCUT2D eigenvalue weighted by Crippen LogP contribution is 2.26. The molecule has 1 atom stereocenters. The minimum atomic E-state index is -0.0833. The van der Waals surface area contributed by atoms with Gasteiger partial charge >= 0.3 is 0 Å². The summed E-state index contributed by atoms with van der Waals surface area (Å²) in [6, 6.07) is 13.7. The molecule has 1 aromatic carbocycles. The Kier molecular flexibility index (Phi) is 3.99. The number of methoxy groups -OCH3 is 1. The summed E-state index contributed by atoms with van der Waals surface area (Å²) in [6.45, 7) is 0. The van der Waals surface area contributed by atoms with Crippen LogP contribution in [0.1, 0.15) is 16.6 Å². The highest BCUT2D eigenvalue weighted by atomic mass is 35.5. The zero-order chi connectivity index (χ0) is 12.1. The summed E-state index contributed by atoms with van der Waals surface area (Å²) in [4.78, 5) is 4.27. The molecule has 2 nitrogen and oxygen atoms in total. The molecule has 0 radical (unpaired) electrons. The molecule has 0 saturated carbocycles. The van der Waals surface area contributed by atoms with Gasteiger partial charge in [-0.05, 0) is 29.8 Å². The zero-order valence-electron chi connectivity index (χ0n) is 9.64. The Balaban J connectivity index is 2.11. The molecule has 0 aliphatic carbocycles. The van der Waals surface area contributed by atoms with Crippen LogP contribution in [0, 0.1) is 0 Å². The maximum absolute atomic E-state index is 6.37. The summed E-state index contributed by atoms with van der Waals surface area (Å²) in [5.74, 6) is 0.828. The molecule has 0 aliphatic rings. The van der Waals surface area contributed by atoms with Crippen LogP contribution in [0.4, 0.5) is 0 Å². The van der Waals surface area contributed by atoms with E-state index in [0.29, 0.717) is 0 Å². The standard InChI is InChI=1S/C14H14ClNO/c1-17-13-7-4-5-11(9-13)14(15)10-12-6-2-3-8-16-12/h2-9,14H,10H2,1H3. The average molecular weight is 248 g/mol. The van der Waals surface area contributed by atoms with Crippen molar-refractivity contribution in [3.05, 3.63) is 59.9 Å². The largest absolute Gasteiger partial charge is 0.497 e. The Bertz CT molecular complexity index is 473. The van der Waals surface area contributed by atoms with E-state index in [1.165, 1.54) is 0 Å². The molecule has 0 fully saturated rings. The van der Waals surface area contributed by atoms with Crippen LogP contribution in [-0.4, -0.2) is 12.1 Å². The van der Waals surface area contributed by atoms with Crippen LogP contribution < -0.4 is 4.74 Å². The molecule has 3 heteroatoms. The molecular weight excluding hydrogens is 234 g/mol. The van der Waals surface area contributed by atoms with Crippen molar-refractivity contribution in [3.63, 3.8) is 0 Å². The number of ether oxygens (including phenoxy) is 1. The van der Waals surface area contributed by atoms with E-state index in [2.05, 4.69) is 4.98 Å². The van der Waals surface area contributed by atoms with Gasteiger partial charge in [0.1, 0.15) is 5.75 Å². The van der Waals surface area contributed by atoms with Gasteiger partial charge in [0.15, 0.2) is 0 Å². The molecule has 1 unspecified atom stereocenters. The van der Waals surface area contributed by atoms with Crippen molar-refractivity contribution in [2.75, 3.05) is 7.11 Å². The van der Waals surface area contributed by atoms with Gasteiger partial charge in [0, 0.05) is 18.3 Å². The first kappa shape index (κ1) is 11.9. The minimum Gasteiger partial charge on any atom is -0.497 e. The molecule has 0 N–H and O–H groups in total. The lowest BCUT2D eigenvalue weighted by Gasteiger charge is -2.10. The molecule has 0 amide bonds. The molecular formula is C14H14ClNO. The Labute approximate surface area is 106 Å². The van der Waals surface area contributed by atoms with Gasteiger partial charge in [-0.3, -0.25) is 4.98 Å². The molecule has 0 aliphatic heterocycles.